The second-order valence-electron chi connectivity index (χ2n) is 5.60. The van der Waals surface area contributed by atoms with Gasteiger partial charge < -0.3 is 9.63 Å². The minimum absolute atomic E-state index is 0.0594. The standard InChI is InChI=1S/C18H16N2O5S/c1-12(20-26(23,24)14-10-6-3-7-11-14)17-15(18(21)22)16(19-25-17)13-8-4-2-5-9-13/h2-12,20H,1H3,(H,21,22)/t12-/m1/s1. The first kappa shape index (κ1) is 17.8. The number of sulfonamides is 1. The molecule has 0 amide bonds. The summed E-state index contributed by atoms with van der Waals surface area (Å²) in [7, 11) is -3.84. The fraction of sp³-hybridized carbons (Fsp3) is 0.111. The van der Waals surface area contributed by atoms with Crippen molar-refractivity contribution in [1.29, 1.82) is 0 Å². The molecule has 2 aromatic carbocycles. The Morgan fingerprint density at radius 1 is 1.08 bits per heavy atom. The molecule has 0 fully saturated rings. The molecule has 3 rings (SSSR count). The molecule has 0 aliphatic carbocycles. The molecule has 134 valence electrons. The molecule has 3 aromatic rings. The van der Waals surface area contributed by atoms with Crippen LogP contribution in [0.4, 0.5) is 0 Å². The normalized spacial score (nSPS) is 12.7. The third kappa shape index (κ3) is 3.51. The first-order valence-corrected chi connectivity index (χ1v) is 9.24. The molecule has 0 spiro atoms. The fourth-order valence-electron chi connectivity index (χ4n) is 2.55. The summed E-state index contributed by atoms with van der Waals surface area (Å²) in [5.41, 5.74) is 0.552. The molecule has 1 heterocycles. The van der Waals surface area contributed by atoms with Gasteiger partial charge in [0.05, 0.1) is 10.9 Å². The number of rotatable bonds is 6. The zero-order valence-electron chi connectivity index (χ0n) is 13.8. The predicted molar refractivity (Wildman–Crippen MR) is 94.1 cm³/mol. The summed E-state index contributed by atoms with van der Waals surface area (Å²) in [6.07, 6.45) is 0. The molecule has 0 unspecified atom stereocenters. The van der Waals surface area contributed by atoms with Crippen LogP contribution in [0, 0.1) is 0 Å². The van der Waals surface area contributed by atoms with Crippen LogP contribution in [0.1, 0.15) is 29.1 Å². The summed E-state index contributed by atoms with van der Waals surface area (Å²) in [5.74, 6) is -1.30. The highest BCUT2D eigenvalue weighted by Crippen LogP contribution is 2.29. The Kier molecular flexibility index (Phi) is 4.88. The number of aromatic nitrogens is 1. The highest BCUT2D eigenvalue weighted by atomic mass is 32.2. The number of carboxylic acid groups (broad SMARTS) is 1. The number of carboxylic acids is 1. The summed E-state index contributed by atoms with van der Waals surface area (Å²) in [4.78, 5) is 11.8. The largest absolute Gasteiger partial charge is 0.477 e. The van der Waals surface area contributed by atoms with Gasteiger partial charge in [-0.15, -0.1) is 0 Å². The number of hydrogen-bond donors (Lipinski definition) is 2. The SMILES string of the molecule is C[C@@H](NS(=O)(=O)c1ccccc1)c1onc(-c2ccccc2)c1C(=O)O. The zero-order valence-corrected chi connectivity index (χ0v) is 14.6. The maximum atomic E-state index is 12.5. The molecule has 0 aliphatic rings. The van der Waals surface area contributed by atoms with Crippen molar-refractivity contribution in [3.05, 3.63) is 72.0 Å². The fourth-order valence-corrected chi connectivity index (χ4v) is 3.78. The van der Waals surface area contributed by atoms with E-state index in [0.717, 1.165) is 0 Å². The minimum atomic E-state index is -3.84. The third-order valence-electron chi connectivity index (χ3n) is 3.76. The van der Waals surface area contributed by atoms with Crippen LogP contribution in [0.15, 0.2) is 70.1 Å². The molecule has 1 atom stereocenters. The van der Waals surface area contributed by atoms with Crippen LogP contribution in [0.2, 0.25) is 0 Å². The molecule has 0 bridgehead atoms. The van der Waals surface area contributed by atoms with E-state index in [-0.39, 0.29) is 21.9 Å². The van der Waals surface area contributed by atoms with E-state index in [9.17, 15) is 18.3 Å². The molecule has 7 nitrogen and oxygen atoms in total. The first-order valence-electron chi connectivity index (χ1n) is 7.76. The number of aromatic carboxylic acids is 1. The van der Waals surface area contributed by atoms with Gasteiger partial charge in [-0.05, 0) is 19.1 Å². The van der Waals surface area contributed by atoms with Gasteiger partial charge in [0.2, 0.25) is 10.0 Å². The Balaban J connectivity index is 1.97. The molecule has 0 aliphatic heterocycles. The van der Waals surface area contributed by atoms with Crippen LogP contribution in [0.5, 0.6) is 0 Å². The van der Waals surface area contributed by atoms with Gasteiger partial charge in [-0.2, -0.15) is 0 Å². The van der Waals surface area contributed by atoms with E-state index >= 15 is 0 Å². The lowest BCUT2D eigenvalue weighted by Crippen LogP contribution is -2.27. The topological polar surface area (TPSA) is 110 Å². The van der Waals surface area contributed by atoms with Crippen molar-refractivity contribution in [3.63, 3.8) is 0 Å². The maximum Gasteiger partial charge on any atom is 0.341 e. The second kappa shape index (κ2) is 7.11. The van der Waals surface area contributed by atoms with Crippen molar-refractivity contribution in [2.75, 3.05) is 0 Å². The van der Waals surface area contributed by atoms with Gasteiger partial charge in [-0.25, -0.2) is 17.9 Å². The zero-order chi connectivity index (χ0) is 18.7. The molecular formula is C18H16N2O5S. The van der Waals surface area contributed by atoms with E-state index in [1.54, 1.807) is 48.5 Å². The Bertz CT molecular complexity index is 1010. The van der Waals surface area contributed by atoms with Gasteiger partial charge in [0.15, 0.2) is 5.76 Å². The van der Waals surface area contributed by atoms with E-state index < -0.39 is 22.0 Å². The van der Waals surface area contributed by atoms with Crippen LogP contribution < -0.4 is 4.72 Å². The van der Waals surface area contributed by atoms with Gasteiger partial charge in [0.25, 0.3) is 0 Å². The summed E-state index contributed by atoms with van der Waals surface area (Å²) >= 11 is 0. The summed E-state index contributed by atoms with van der Waals surface area (Å²) in [6.45, 7) is 1.50. The van der Waals surface area contributed by atoms with Crippen molar-refractivity contribution >= 4 is 16.0 Å². The molecule has 1 aromatic heterocycles. The van der Waals surface area contributed by atoms with Crippen molar-refractivity contribution in [3.8, 4) is 11.3 Å². The molecule has 0 saturated heterocycles. The van der Waals surface area contributed by atoms with Crippen molar-refractivity contribution in [2.24, 2.45) is 0 Å². The monoisotopic (exact) mass is 372 g/mol. The van der Waals surface area contributed by atoms with E-state index in [4.69, 9.17) is 4.52 Å². The van der Waals surface area contributed by atoms with Crippen molar-refractivity contribution in [1.82, 2.24) is 9.88 Å². The van der Waals surface area contributed by atoms with Crippen LogP contribution in [-0.4, -0.2) is 24.7 Å². The van der Waals surface area contributed by atoms with Gasteiger partial charge in [0.1, 0.15) is 11.3 Å². The lowest BCUT2D eigenvalue weighted by molar-refractivity contribution is 0.0694. The summed E-state index contributed by atoms with van der Waals surface area (Å²) < 4.78 is 32.5. The molecule has 0 radical (unpaired) electrons. The number of hydrogen-bond acceptors (Lipinski definition) is 5. The average Bonchev–Trinajstić information content (AvgIpc) is 3.08. The quantitative estimate of drug-likeness (QED) is 0.688. The molecular weight excluding hydrogens is 356 g/mol. The molecule has 8 heteroatoms. The highest BCUT2D eigenvalue weighted by Gasteiger charge is 2.29. The molecule has 2 N–H and O–H groups in total. The molecule has 26 heavy (non-hydrogen) atoms. The first-order chi connectivity index (χ1) is 12.4. The molecule has 0 saturated carbocycles. The number of nitrogens with one attached hydrogen (secondary N) is 1. The maximum absolute atomic E-state index is 12.5. The number of nitrogens with zero attached hydrogens (tertiary/aromatic N) is 1. The summed E-state index contributed by atoms with van der Waals surface area (Å²) in [6, 6.07) is 15.6. The van der Waals surface area contributed by atoms with Crippen molar-refractivity contribution < 1.29 is 22.8 Å². The van der Waals surface area contributed by atoms with Crippen molar-refractivity contribution in [2.45, 2.75) is 17.9 Å². The highest BCUT2D eigenvalue weighted by molar-refractivity contribution is 7.89. The van der Waals surface area contributed by atoms with E-state index in [1.807, 2.05) is 0 Å². The predicted octanol–water partition coefficient (Wildman–Crippen LogP) is 3.08. The van der Waals surface area contributed by atoms with Crippen LogP contribution >= 0.6 is 0 Å². The van der Waals surface area contributed by atoms with E-state index in [0.29, 0.717) is 5.56 Å². The Morgan fingerprint density at radius 3 is 2.23 bits per heavy atom. The second-order valence-corrected chi connectivity index (χ2v) is 7.31. The van der Waals surface area contributed by atoms with Crippen LogP contribution in [0.25, 0.3) is 11.3 Å². The van der Waals surface area contributed by atoms with Crippen LogP contribution in [-0.2, 0) is 10.0 Å². The average molecular weight is 372 g/mol. The third-order valence-corrected chi connectivity index (χ3v) is 5.31. The number of carbonyl (C=O) groups is 1. The Labute approximate surface area is 150 Å². The van der Waals surface area contributed by atoms with Gasteiger partial charge in [0, 0.05) is 5.56 Å². The van der Waals surface area contributed by atoms with E-state index in [1.165, 1.54) is 19.1 Å². The van der Waals surface area contributed by atoms with Gasteiger partial charge in [-0.1, -0.05) is 53.7 Å². The lowest BCUT2D eigenvalue weighted by atomic mass is 10.0. The number of benzene rings is 2. The van der Waals surface area contributed by atoms with E-state index in [2.05, 4.69) is 9.88 Å². The lowest BCUT2D eigenvalue weighted by Gasteiger charge is -2.12. The van der Waals surface area contributed by atoms with Crippen LogP contribution in [0.3, 0.4) is 0 Å². The smallest absolute Gasteiger partial charge is 0.341 e. The van der Waals surface area contributed by atoms with Gasteiger partial charge >= 0.3 is 5.97 Å². The Morgan fingerprint density at radius 2 is 1.65 bits per heavy atom. The minimum Gasteiger partial charge on any atom is -0.477 e. The van der Waals surface area contributed by atoms with Gasteiger partial charge in [-0.3, -0.25) is 0 Å². The summed E-state index contributed by atoms with van der Waals surface area (Å²) in [5, 5.41) is 13.4. The Hall–Kier alpha value is -2.97.